The standard InChI is InChI=1S/C14H17BrFNO2/c1-9-3-2-6-17(13(9)14(18)19)8-10-4-5-11(15)7-12(10)16/h4-5,7,9,13H,2-3,6,8H2,1H3,(H,18,19). The molecule has 1 heterocycles. The van der Waals surface area contributed by atoms with Gasteiger partial charge < -0.3 is 5.11 Å². The molecule has 0 bridgehead atoms. The first-order chi connectivity index (χ1) is 8.99. The Bertz CT molecular complexity index is 481. The number of hydrogen-bond donors (Lipinski definition) is 1. The van der Waals surface area contributed by atoms with Crippen molar-refractivity contribution in [3.8, 4) is 0 Å². The maximum atomic E-state index is 13.8. The van der Waals surface area contributed by atoms with Gasteiger partial charge in [0.15, 0.2) is 0 Å². The fourth-order valence-electron chi connectivity index (χ4n) is 2.72. The van der Waals surface area contributed by atoms with Crippen molar-refractivity contribution in [1.82, 2.24) is 4.90 Å². The van der Waals surface area contributed by atoms with E-state index >= 15 is 0 Å². The summed E-state index contributed by atoms with van der Waals surface area (Å²) in [5.74, 6) is -1.01. The summed E-state index contributed by atoms with van der Waals surface area (Å²) in [4.78, 5) is 13.2. The molecule has 0 saturated carbocycles. The zero-order valence-corrected chi connectivity index (χ0v) is 12.4. The summed E-state index contributed by atoms with van der Waals surface area (Å²) in [7, 11) is 0. The molecule has 1 fully saturated rings. The second kappa shape index (κ2) is 6.01. The number of halogens is 2. The summed E-state index contributed by atoms with van der Waals surface area (Å²) in [5, 5.41) is 9.33. The van der Waals surface area contributed by atoms with E-state index in [0.29, 0.717) is 23.1 Å². The Hall–Kier alpha value is -0.940. The first-order valence-corrected chi connectivity index (χ1v) is 7.19. The second-order valence-corrected chi connectivity index (χ2v) is 6.02. The molecule has 0 amide bonds. The van der Waals surface area contributed by atoms with Crippen molar-refractivity contribution in [3.63, 3.8) is 0 Å². The van der Waals surface area contributed by atoms with Gasteiger partial charge in [-0.15, -0.1) is 0 Å². The molecule has 5 heteroatoms. The second-order valence-electron chi connectivity index (χ2n) is 5.11. The van der Waals surface area contributed by atoms with Gasteiger partial charge in [0, 0.05) is 16.6 Å². The molecule has 1 aromatic carbocycles. The fraction of sp³-hybridized carbons (Fsp3) is 0.500. The molecule has 1 saturated heterocycles. The van der Waals surface area contributed by atoms with Gasteiger partial charge in [0.05, 0.1) is 0 Å². The normalized spacial score (nSPS) is 24.4. The molecule has 1 aliphatic heterocycles. The van der Waals surface area contributed by atoms with Crippen molar-refractivity contribution in [1.29, 1.82) is 0 Å². The smallest absolute Gasteiger partial charge is 0.321 e. The van der Waals surface area contributed by atoms with E-state index in [1.807, 2.05) is 11.8 Å². The minimum Gasteiger partial charge on any atom is -0.480 e. The third-order valence-electron chi connectivity index (χ3n) is 3.68. The Morgan fingerprint density at radius 2 is 2.32 bits per heavy atom. The third-order valence-corrected chi connectivity index (χ3v) is 4.17. The van der Waals surface area contributed by atoms with E-state index in [2.05, 4.69) is 15.9 Å². The molecular formula is C14H17BrFNO2. The van der Waals surface area contributed by atoms with Gasteiger partial charge in [0.25, 0.3) is 0 Å². The molecule has 0 aliphatic carbocycles. The Kier molecular flexibility index (Phi) is 4.58. The van der Waals surface area contributed by atoms with Crippen LogP contribution in [0.15, 0.2) is 22.7 Å². The third kappa shape index (κ3) is 3.34. The first kappa shape index (κ1) is 14.5. The summed E-state index contributed by atoms with van der Waals surface area (Å²) in [6, 6.07) is 4.38. The number of benzene rings is 1. The molecule has 2 atom stereocenters. The van der Waals surface area contributed by atoms with Crippen LogP contribution in [-0.4, -0.2) is 28.6 Å². The molecule has 0 spiro atoms. The monoisotopic (exact) mass is 329 g/mol. The van der Waals surface area contributed by atoms with Gasteiger partial charge >= 0.3 is 5.97 Å². The van der Waals surface area contributed by atoms with E-state index in [4.69, 9.17) is 0 Å². The van der Waals surface area contributed by atoms with Gasteiger partial charge in [-0.05, 0) is 37.4 Å². The maximum absolute atomic E-state index is 13.8. The number of carboxylic acids is 1. The van der Waals surface area contributed by atoms with Crippen LogP contribution in [0.1, 0.15) is 25.3 Å². The van der Waals surface area contributed by atoms with Crippen LogP contribution in [0.2, 0.25) is 0 Å². The lowest BCUT2D eigenvalue weighted by Gasteiger charge is -2.37. The molecule has 0 radical (unpaired) electrons. The average molecular weight is 330 g/mol. The summed E-state index contributed by atoms with van der Waals surface area (Å²) in [6.45, 7) is 3.00. The molecule has 104 valence electrons. The van der Waals surface area contributed by atoms with Gasteiger partial charge in [-0.1, -0.05) is 28.9 Å². The molecule has 1 aliphatic rings. The van der Waals surface area contributed by atoms with Crippen LogP contribution in [0.5, 0.6) is 0 Å². The topological polar surface area (TPSA) is 40.5 Å². The Labute approximate surface area is 120 Å². The number of carboxylic acid groups (broad SMARTS) is 1. The predicted octanol–water partition coefficient (Wildman–Crippen LogP) is 3.27. The van der Waals surface area contributed by atoms with E-state index in [-0.39, 0.29) is 11.7 Å². The summed E-state index contributed by atoms with van der Waals surface area (Å²) in [6.07, 6.45) is 1.87. The van der Waals surface area contributed by atoms with Crippen LogP contribution in [0.4, 0.5) is 4.39 Å². The summed E-state index contributed by atoms with van der Waals surface area (Å²) < 4.78 is 14.5. The summed E-state index contributed by atoms with van der Waals surface area (Å²) in [5.41, 5.74) is 0.545. The maximum Gasteiger partial charge on any atom is 0.321 e. The van der Waals surface area contributed by atoms with Gasteiger partial charge in [-0.25, -0.2) is 4.39 Å². The number of carbonyl (C=O) groups is 1. The lowest BCUT2D eigenvalue weighted by atomic mass is 9.90. The van der Waals surface area contributed by atoms with Crippen molar-refractivity contribution < 1.29 is 14.3 Å². The van der Waals surface area contributed by atoms with E-state index in [1.165, 1.54) is 6.07 Å². The predicted molar refractivity (Wildman–Crippen MR) is 74.3 cm³/mol. The van der Waals surface area contributed by atoms with E-state index in [1.54, 1.807) is 12.1 Å². The van der Waals surface area contributed by atoms with Crippen molar-refractivity contribution >= 4 is 21.9 Å². The van der Waals surface area contributed by atoms with Gasteiger partial charge in [0.1, 0.15) is 11.9 Å². The highest BCUT2D eigenvalue weighted by Gasteiger charge is 2.34. The molecular weight excluding hydrogens is 313 g/mol. The summed E-state index contributed by atoms with van der Waals surface area (Å²) >= 11 is 3.22. The Balaban J connectivity index is 2.18. The van der Waals surface area contributed by atoms with Crippen LogP contribution in [0.3, 0.4) is 0 Å². The fourth-order valence-corrected chi connectivity index (χ4v) is 3.05. The number of rotatable bonds is 3. The minimum absolute atomic E-state index is 0.102. The number of piperidine rings is 1. The van der Waals surface area contributed by atoms with Crippen LogP contribution in [-0.2, 0) is 11.3 Å². The molecule has 0 aromatic heterocycles. The Morgan fingerprint density at radius 1 is 1.58 bits per heavy atom. The van der Waals surface area contributed by atoms with Gasteiger partial charge in [-0.3, -0.25) is 9.69 Å². The highest BCUT2D eigenvalue weighted by molar-refractivity contribution is 9.10. The van der Waals surface area contributed by atoms with Crippen LogP contribution >= 0.6 is 15.9 Å². The molecule has 2 rings (SSSR count). The van der Waals surface area contributed by atoms with Crippen LogP contribution in [0.25, 0.3) is 0 Å². The molecule has 1 N–H and O–H groups in total. The quantitative estimate of drug-likeness (QED) is 0.925. The highest BCUT2D eigenvalue weighted by Crippen LogP contribution is 2.26. The van der Waals surface area contributed by atoms with E-state index in [9.17, 15) is 14.3 Å². The number of hydrogen-bond acceptors (Lipinski definition) is 2. The number of aliphatic carboxylic acids is 1. The van der Waals surface area contributed by atoms with E-state index < -0.39 is 12.0 Å². The zero-order chi connectivity index (χ0) is 14.0. The SMILES string of the molecule is CC1CCCN(Cc2ccc(Br)cc2F)C1C(=O)O. The van der Waals surface area contributed by atoms with Gasteiger partial charge in [-0.2, -0.15) is 0 Å². The molecule has 1 aromatic rings. The van der Waals surface area contributed by atoms with Crippen LogP contribution < -0.4 is 0 Å². The largest absolute Gasteiger partial charge is 0.480 e. The first-order valence-electron chi connectivity index (χ1n) is 6.40. The van der Waals surface area contributed by atoms with Gasteiger partial charge in [0.2, 0.25) is 0 Å². The Morgan fingerprint density at radius 3 is 2.95 bits per heavy atom. The highest BCUT2D eigenvalue weighted by atomic mass is 79.9. The van der Waals surface area contributed by atoms with E-state index in [0.717, 1.165) is 12.8 Å². The van der Waals surface area contributed by atoms with Crippen molar-refractivity contribution in [2.75, 3.05) is 6.54 Å². The lowest BCUT2D eigenvalue weighted by molar-refractivity contribution is -0.147. The zero-order valence-electron chi connectivity index (χ0n) is 10.8. The minimum atomic E-state index is -0.815. The average Bonchev–Trinajstić information content (AvgIpc) is 2.32. The molecule has 2 unspecified atom stereocenters. The molecule has 19 heavy (non-hydrogen) atoms. The number of nitrogens with zero attached hydrogens (tertiary/aromatic N) is 1. The van der Waals surface area contributed by atoms with Crippen molar-refractivity contribution in [2.45, 2.75) is 32.4 Å². The van der Waals surface area contributed by atoms with Crippen LogP contribution in [0, 0.1) is 11.7 Å². The van der Waals surface area contributed by atoms with Crippen molar-refractivity contribution in [3.05, 3.63) is 34.1 Å². The lowest BCUT2D eigenvalue weighted by Crippen LogP contribution is -2.48. The molecule has 3 nitrogen and oxygen atoms in total. The van der Waals surface area contributed by atoms with Crippen molar-refractivity contribution in [2.24, 2.45) is 5.92 Å². The number of likely N-dealkylation sites (tertiary alicyclic amines) is 1.